The van der Waals surface area contributed by atoms with Gasteiger partial charge in [0.1, 0.15) is 0 Å². The van der Waals surface area contributed by atoms with Crippen LogP contribution in [0.1, 0.15) is 0 Å². The standard InChI is InChI=1S/C8H4N4O2/c1-9-8-5-4-10-11-6(5)2-3-7(8)12(13)14/h2-4H,(H,10,11). The number of nitrogens with one attached hydrogen (secondary N) is 1. The third-order valence-electron chi connectivity index (χ3n) is 1.88. The highest BCUT2D eigenvalue weighted by Gasteiger charge is 2.17. The number of nitro groups is 1. The Hall–Kier alpha value is -2.42. The van der Waals surface area contributed by atoms with Crippen molar-refractivity contribution >= 4 is 22.3 Å². The zero-order valence-electron chi connectivity index (χ0n) is 6.89. The van der Waals surface area contributed by atoms with E-state index in [-0.39, 0.29) is 11.4 Å². The predicted octanol–water partition coefficient (Wildman–Crippen LogP) is 2.02. The number of fused-ring (bicyclic) bond motifs is 1. The second kappa shape index (κ2) is 2.81. The van der Waals surface area contributed by atoms with Gasteiger partial charge in [-0.05, 0) is 6.07 Å². The minimum Gasteiger partial charge on any atom is -0.279 e. The molecule has 0 amide bonds. The summed E-state index contributed by atoms with van der Waals surface area (Å²) in [4.78, 5) is 13.1. The molecule has 0 bridgehead atoms. The Morgan fingerprint density at radius 3 is 3.00 bits per heavy atom. The Morgan fingerprint density at radius 1 is 1.57 bits per heavy atom. The molecule has 1 aromatic heterocycles. The van der Waals surface area contributed by atoms with Crippen LogP contribution in [0.4, 0.5) is 11.4 Å². The van der Waals surface area contributed by atoms with Crippen molar-refractivity contribution in [2.24, 2.45) is 0 Å². The quantitative estimate of drug-likeness (QED) is 0.422. The fourth-order valence-corrected chi connectivity index (χ4v) is 1.26. The Labute approximate surface area is 78.1 Å². The van der Waals surface area contributed by atoms with Crippen LogP contribution < -0.4 is 0 Å². The SMILES string of the molecule is [C-]#[N+]c1c([N+](=O)[O-])ccc2[nH]ncc12. The van der Waals surface area contributed by atoms with Crippen LogP contribution in [0.3, 0.4) is 0 Å². The van der Waals surface area contributed by atoms with Gasteiger partial charge in [0.15, 0.2) is 0 Å². The van der Waals surface area contributed by atoms with Crippen LogP contribution in [0.2, 0.25) is 0 Å². The van der Waals surface area contributed by atoms with Crippen molar-refractivity contribution < 1.29 is 4.92 Å². The molecule has 6 nitrogen and oxygen atoms in total. The molecule has 0 saturated heterocycles. The molecule has 0 spiro atoms. The third kappa shape index (κ3) is 0.998. The number of nitro benzene ring substituents is 1. The van der Waals surface area contributed by atoms with Crippen LogP contribution in [-0.2, 0) is 0 Å². The first-order valence-corrected chi connectivity index (χ1v) is 3.72. The fraction of sp³-hybridized carbons (Fsp3) is 0. The van der Waals surface area contributed by atoms with E-state index in [0.29, 0.717) is 10.9 Å². The number of nitrogens with zero attached hydrogens (tertiary/aromatic N) is 3. The van der Waals surface area contributed by atoms with E-state index >= 15 is 0 Å². The van der Waals surface area contributed by atoms with Crippen molar-refractivity contribution in [1.82, 2.24) is 10.2 Å². The number of rotatable bonds is 1. The molecule has 0 radical (unpaired) electrons. The maximum absolute atomic E-state index is 10.6. The van der Waals surface area contributed by atoms with Crippen molar-refractivity contribution in [2.45, 2.75) is 0 Å². The molecule has 1 heterocycles. The molecule has 0 atom stereocenters. The van der Waals surface area contributed by atoms with Crippen LogP contribution >= 0.6 is 0 Å². The third-order valence-corrected chi connectivity index (χ3v) is 1.88. The van der Waals surface area contributed by atoms with Gasteiger partial charge in [-0.3, -0.25) is 15.2 Å². The summed E-state index contributed by atoms with van der Waals surface area (Å²) >= 11 is 0. The summed E-state index contributed by atoms with van der Waals surface area (Å²) in [5.41, 5.74) is 0.469. The van der Waals surface area contributed by atoms with E-state index in [9.17, 15) is 10.1 Å². The number of hydrogen-bond acceptors (Lipinski definition) is 3. The molecule has 6 heteroatoms. The van der Waals surface area contributed by atoms with E-state index in [1.54, 1.807) is 0 Å². The van der Waals surface area contributed by atoms with Crippen molar-refractivity contribution in [3.05, 3.63) is 39.9 Å². The maximum atomic E-state index is 10.6. The van der Waals surface area contributed by atoms with Gasteiger partial charge in [-0.1, -0.05) is 0 Å². The summed E-state index contributed by atoms with van der Waals surface area (Å²) in [7, 11) is 0. The smallest absolute Gasteiger partial charge is 0.279 e. The van der Waals surface area contributed by atoms with E-state index < -0.39 is 4.92 Å². The van der Waals surface area contributed by atoms with Crippen molar-refractivity contribution in [3.8, 4) is 0 Å². The lowest BCUT2D eigenvalue weighted by Crippen LogP contribution is -1.87. The molecule has 0 fully saturated rings. The fourth-order valence-electron chi connectivity index (χ4n) is 1.26. The Kier molecular flexibility index (Phi) is 1.65. The van der Waals surface area contributed by atoms with Crippen LogP contribution in [-0.4, -0.2) is 15.1 Å². The van der Waals surface area contributed by atoms with Gasteiger partial charge in [-0.15, -0.1) is 0 Å². The lowest BCUT2D eigenvalue weighted by atomic mass is 10.2. The van der Waals surface area contributed by atoms with Gasteiger partial charge in [-0.2, -0.15) is 5.10 Å². The second-order valence-electron chi connectivity index (χ2n) is 2.63. The molecule has 68 valence electrons. The van der Waals surface area contributed by atoms with Crippen molar-refractivity contribution in [3.63, 3.8) is 0 Å². The summed E-state index contributed by atoms with van der Waals surface area (Å²) in [5, 5.41) is 17.4. The van der Waals surface area contributed by atoms with Crippen LogP contribution in [0.5, 0.6) is 0 Å². The normalized spacial score (nSPS) is 9.93. The molecule has 0 saturated carbocycles. The van der Waals surface area contributed by atoms with E-state index in [1.165, 1.54) is 18.3 Å². The van der Waals surface area contributed by atoms with Gasteiger partial charge >= 0.3 is 0 Å². The number of benzene rings is 1. The number of aromatic amines is 1. The van der Waals surface area contributed by atoms with Gasteiger partial charge in [0.25, 0.3) is 11.4 Å². The van der Waals surface area contributed by atoms with Crippen molar-refractivity contribution in [1.29, 1.82) is 0 Å². The topological polar surface area (TPSA) is 76.2 Å². The Bertz CT molecular complexity index is 552. The maximum Gasteiger partial charge on any atom is 0.279 e. The first kappa shape index (κ1) is 8.19. The molecule has 14 heavy (non-hydrogen) atoms. The predicted molar refractivity (Wildman–Crippen MR) is 49.0 cm³/mol. The molecule has 0 unspecified atom stereocenters. The summed E-state index contributed by atoms with van der Waals surface area (Å²) < 4.78 is 0. The van der Waals surface area contributed by atoms with Gasteiger partial charge in [0, 0.05) is 17.6 Å². The summed E-state index contributed by atoms with van der Waals surface area (Å²) in [6, 6.07) is 2.84. The molecule has 0 aliphatic rings. The van der Waals surface area contributed by atoms with Gasteiger partial charge in [-0.25, -0.2) is 4.85 Å². The Balaban J connectivity index is 2.87. The van der Waals surface area contributed by atoms with Crippen LogP contribution in [0, 0.1) is 16.7 Å². The summed E-state index contributed by atoms with van der Waals surface area (Å²) in [6.45, 7) is 6.88. The number of H-pyrrole nitrogens is 1. The highest BCUT2D eigenvalue weighted by molar-refractivity contribution is 5.96. The summed E-state index contributed by atoms with van der Waals surface area (Å²) in [6.07, 6.45) is 1.41. The van der Waals surface area contributed by atoms with Gasteiger partial charge in [0.2, 0.25) is 0 Å². The minimum atomic E-state index is -0.570. The first-order chi connectivity index (χ1) is 6.74. The lowest BCUT2D eigenvalue weighted by Gasteiger charge is -1.94. The first-order valence-electron chi connectivity index (χ1n) is 3.72. The van der Waals surface area contributed by atoms with Gasteiger partial charge < -0.3 is 0 Å². The van der Waals surface area contributed by atoms with Crippen LogP contribution in [0.15, 0.2) is 18.3 Å². The van der Waals surface area contributed by atoms with E-state index in [1.807, 2.05) is 0 Å². The highest BCUT2D eigenvalue weighted by atomic mass is 16.6. The molecular formula is C8H4N4O2. The van der Waals surface area contributed by atoms with Crippen LogP contribution in [0.25, 0.3) is 15.7 Å². The molecule has 0 aliphatic heterocycles. The molecular weight excluding hydrogens is 184 g/mol. The van der Waals surface area contributed by atoms with E-state index in [2.05, 4.69) is 15.0 Å². The lowest BCUT2D eigenvalue weighted by molar-refractivity contribution is -0.383. The summed E-state index contributed by atoms with van der Waals surface area (Å²) in [5.74, 6) is 0. The molecule has 1 aromatic carbocycles. The number of aromatic nitrogens is 2. The molecule has 2 rings (SSSR count). The van der Waals surface area contributed by atoms with Gasteiger partial charge in [0.05, 0.1) is 17.0 Å². The Morgan fingerprint density at radius 2 is 2.36 bits per heavy atom. The minimum absolute atomic E-state index is 0.0289. The second-order valence-corrected chi connectivity index (χ2v) is 2.63. The zero-order chi connectivity index (χ0) is 10.1. The van der Waals surface area contributed by atoms with E-state index in [4.69, 9.17) is 6.57 Å². The van der Waals surface area contributed by atoms with E-state index in [0.717, 1.165) is 0 Å². The average Bonchev–Trinajstić information content (AvgIpc) is 2.63. The molecule has 0 aliphatic carbocycles. The van der Waals surface area contributed by atoms with Crippen molar-refractivity contribution in [2.75, 3.05) is 0 Å². The molecule has 2 aromatic rings. The highest BCUT2D eigenvalue weighted by Crippen LogP contribution is 2.34. The largest absolute Gasteiger partial charge is 0.279 e. The molecule has 1 N–H and O–H groups in total. The average molecular weight is 188 g/mol. The number of hydrogen-bond donors (Lipinski definition) is 1. The zero-order valence-corrected chi connectivity index (χ0v) is 6.89. The monoisotopic (exact) mass is 188 g/mol.